The first-order chi connectivity index (χ1) is 7.20. The van der Waals surface area contributed by atoms with Crippen LogP contribution in [0.2, 0.25) is 0 Å². The smallest absolute Gasteiger partial charge is 0.410 e. The minimum atomic E-state index is -0.172. The van der Waals surface area contributed by atoms with Crippen LogP contribution in [0, 0.1) is 5.92 Å². The van der Waals surface area contributed by atoms with E-state index in [0.29, 0.717) is 25.6 Å². The van der Waals surface area contributed by atoms with Gasteiger partial charge in [0.1, 0.15) is 6.61 Å². The van der Waals surface area contributed by atoms with Crippen molar-refractivity contribution in [2.75, 3.05) is 19.7 Å². The Kier molecular flexibility index (Phi) is 2.87. The molecule has 4 heteroatoms. The van der Waals surface area contributed by atoms with Crippen molar-refractivity contribution in [3.8, 4) is 0 Å². The van der Waals surface area contributed by atoms with E-state index in [9.17, 15) is 4.79 Å². The molecule has 0 spiro atoms. The maximum Gasteiger partial charge on any atom is 0.410 e. The molecule has 1 amide bonds. The molecule has 0 aromatic carbocycles. The Hall–Kier alpha value is -0.770. The summed E-state index contributed by atoms with van der Waals surface area (Å²) in [5, 5.41) is 0. The molecule has 2 rings (SSSR count). The second-order valence-electron chi connectivity index (χ2n) is 4.72. The van der Waals surface area contributed by atoms with E-state index >= 15 is 0 Å². The number of rotatable bonds is 2. The van der Waals surface area contributed by atoms with E-state index in [1.54, 1.807) is 0 Å². The summed E-state index contributed by atoms with van der Waals surface area (Å²) in [6.07, 6.45) is 4.45. The fourth-order valence-electron chi connectivity index (χ4n) is 3.01. The van der Waals surface area contributed by atoms with Gasteiger partial charge in [-0.3, -0.25) is 4.90 Å². The summed E-state index contributed by atoms with van der Waals surface area (Å²) in [5.41, 5.74) is 5.79. The zero-order valence-electron chi connectivity index (χ0n) is 9.37. The molecular formula is C11H20N2O2. The van der Waals surface area contributed by atoms with Crippen molar-refractivity contribution in [1.29, 1.82) is 0 Å². The van der Waals surface area contributed by atoms with Gasteiger partial charge in [-0.25, -0.2) is 4.79 Å². The van der Waals surface area contributed by atoms with Gasteiger partial charge in [0.15, 0.2) is 0 Å². The maximum atomic E-state index is 11.6. The van der Waals surface area contributed by atoms with Crippen molar-refractivity contribution in [3.63, 3.8) is 0 Å². The van der Waals surface area contributed by atoms with Gasteiger partial charge in [0, 0.05) is 6.54 Å². The van der Waals surface area contributed by atoms with Gasteiger partial charge in [-0.2, -0.15) is 0 Å². The van der Waals surface area contributed by atoms with Gasteiger partial charge in [0.2, 0.25) is 0 Å². The van der Waals surface area contributed by atoms with Gasteiger partial charge < -0.3 is 10.5 Å². The quantitative estimate of drug-likeness (QED) is 0.751. The Morgan fingerprint density at radius 1 is 1.60 bits per heavy atom. The summed E-state index contributed by atoms with van der Waals surface area (Å²) in [6.45, 7) is 3.99. The van der Waals surface area contributed by atoms with Gasteiger partial charge in [-0.15, -0.1) is 0 Å². The van der Waals surface area contributed by atoms with E-state index in [1.165, 1.54) is 19.3 Å². The molecule has 1 aliphatic carbocycles. The third-order valence-electron chi connectivity index (χ3n) is 4.07. The lowest BCUT2D eigenvalue weighted by molar-refractivity contribution is 0.0483. The monoisotopic (exact) mass is 212 g/mol. The first kappa shape index (κ1) is 10.7. The minimum absolute atomic E-state index is 0.133. The Labute approximate surface area is 90.8 Å². The predicted octanol–water partition coefficient (Wildman–Crippen LogP) is 1.35. The van der Waals surface area contributed by atoms with Crippen LogP contribution in [0.4, 0.5) is 4.79 Å². The number of cyclic esters (lactones) is 1. The molecule has 0 aromatic heterocycles. The molecule has 2 N–H and O–H groups in total. The fraction of sp³-hybridized carbons (Fsp3) is 0.909. The van der Waals surface area contributed by atoms with Crippen LogP contribution in [0.3, 0.4) is 0 Å². The van der Waals surface area contributed by atoms with Crippen LogP contribution in [0.1, 0.15) is 32.6 Å². The number of amides is 1. The largest absolute Gasteiger partial charge is 0.448 e. The molecule has 1 saturated heterocycles. The zero-order valence-corrected chi connectivity index (χ0v) is 9.37. The predicted molar refractivity (Wildman–Crippen MR) is 57.5 cm³/mol. The third-order valence-corrected chi connectivity index (χ3v) is 4.07. The van der Waals surface area contributed by atoms with Crippen LogP contribution in [0.15, 0.2) is 0 Å². The lowest BCUT2D eigenvalue weighted by atomic mass is 9.72. The molecule has 1 saturated carbocycles. The van der Waals surface area contributed by atoms with Crippen molar-refractivity contribution in [1.82, 2.24) is 4.90 Å². The van der Waals surface area contributed by atoms with Crippen LogP contribution < -0.4 is 5.73 Å². The van der Waals surface area contributed by atoms with Gasteiger partial charge in [0.25, 0.3) is 0 Å². The van der Waals surface area contributed by atoms with Gasteiger partial charge in [-0.1, -0.05) is 19.8 Å². The van der Waals surface area contributed by atoms with E-state index < -0.39 is 0 Å². The van der Waals surface area contributed by atoms with Crippen LogP contribution in [-0.4, -0.2) is 36.2 Å². The van der Waals surface area contributed by atoms with Crippen molar-refractivity contribution in [2.24, 2.45) is 11.7 Å². The van der Waals surface area contributed by atoms with Crippen molar-refractivity contribution >= 4 is 6.09 Å². The molecule has 0 aromatic rings. The molecular weight excluding hydrogens is 192 g/mol. The average molecular weight is 212 g/mol. The highest BCUT2D eigenvalue weighted by atomic mass is 16.6. The number of ether oxygens (including phenoxy) is 1. The van der Waals surface area contributed by atoms with Crippen molar-refractivity contribution < 1.29 is 9.53 Å². The van der Waals surface area contributed by atoms with Crippen LogP contribution >= 0.6 is 0 Å². The van der Waals surface area contributed by atoms with Crippen LogP contribution in [-0.2, 0) is 4.74 Å². The highest BCUT2D eigenvalue weighted by Gasteiger charge is 2.46. The molecule has 2 unspecified atom stereocenters. The standard InChI is InChI=1S/C11H20N2O2/c1-9-4-2-3-5-11(9,8-12)13-6-7-15-10(13)14/h9H,2-8,12H2,1H3. The molecule has 2 atom stereocenters. The Bertz CT molecular complexity index is 257. The van der Waals surface area contributed by atoms with Crippen LogP contribution in [0.5, 0.6) is 0 Å². The summed E-state index contributed by atoms with van der Waals surface area (Å²) in [4.78, 5) is 13.5. The summed E-state index contributed by atoms with van der Waals surface area (Å²) in [6, 6.07) is 0. The van der Waals surface area contributed by atoms with Crippen molar-refractivity contribution in [2.45, 2.75) is 38.1 Å². The Morgan fingerprint density at radius 3 is 2.93 bits per heavy atom. The van der Waals surface area contributed by atoms with E-state index in [2.05, 4.69) is 6.92 Å². The number of hydrogen-bond acceptors (Lipinski definition) is 3. The molecule has 2 aliphatic rings. The van der Waals surface area contributed by atoms with Crippen molar-refractivity contribution in [3.05, 3.63) is 0 Å². The minimum Gasteiger partial charge on any atom is -0.448 e. The van der Waals surface area contributed by atoms with E-state index in [-0.39, 0.29) is 11.6 Å². The zero-order chi connectivity index (χ0) is 10.9. The fourth-order valence-corrected chi connectivity index (χ4v) is 3.01. The summed E-state index contributed by atoms with van der Waals surface area (Å²) in [5.74, 6) is 0.488. The SMILES string of the molecule is CC1CCCCC1(CN)N1CCOC1=O. The Morgan fingerprint density at radius 2 is 2.40 bits per heavy atom. The van der Waals surface area contributed by atoms with E-state index in [4.69, 9.17) is 10.5 Å². The molecule has 0 bridgehead atoms. The number of carbonyl (C=O) groups excluding carboxylic acids is 1. The molecule has 0 radical (unpaired) electrons. The molecule has 2 fully saturated rings. The normalized spacial score (nSPS) is 36.8. The van der Waals surface area contributed by atoms with E-state index in [1.807, 2.05) is 4.90 Å². The second kappa shape index (κ2) is 4.00. The number of nitrogens with two attached hydrogens (primary N) is 1. The summed E-state index contributed by atoms with van der Waals surface area (Å²) < 4.78 is 5.03. The molecule has 1 heterocycles. The molecule has 15 heavy (non-hydrogen) atoms. The summed E-state index contributed by atoms with van der Waals surface area (Å²) in [7, 11) is 0. The second-order valence-corrected chi connectivity index (χ2v) is 4.72. The topological polar surface area (TPSA) is 55.6 Å². The van der Waals surface area contributed by atoms with Crippen LogP contribution in [0.25, 0.3) is 0 Å². The number of hydrogen-bond donors (Lipinski definition) is 1. The lowest BCUT2D eigenvalue weighted by Crippen LogP contribution is -2.59. The molecule has 1 aliphatic heterocycles. The van der Waals surface area contributed by atoms with Gasteiger partial charge >= 0.3 is 6.09 Å². The van der Waals surface area contributed by atoms with E-state index in [0.717, 1.165) is 6.42 Å². The van der Waals surface area contributed by atoms with Gasteiger partial charge in [0.05, 0.1) is 12.1 Å². The summed E-state index contributed by atoms with van der Waals surface area (Å²) >= 11 is 0. The first-order valence-corrected chi connectivity index (χ1v) is 5.85. The average Bonchev–Trinajstić information content (AvgIpc) is 2.66. The first-order valence-electron chi connectivity index (χ1n) is 5.85. The maximum absolute atomic E-state index is 11.6. The molecule has 86 valence electrons. The third kappa shape index (κ3) is 1.61. The number of nitrogens with zero attached hydrogens (tertiary/aromatic N) is 1. The lowest BCUT2D eigenvalue weighted by Gasteiger charge is -2.47. The highest BCUT2D eigenvalue weighted by Crippen LogP contribution is 2.38. The highest BCUT2D eigenvalue weighted by molar-refractivity contribution is 5.70. The van der Waals surface area contributed by atoms with Gasteiger partial charge in [-0.05, 0) is 18.8 Å². The molecule has 4 nitrogen and oxygen atoms in total. The Balaban J connectivity index is 2.22. The number of carbonyl (C=O) groups is 1.